The summed E-state index contributed by atoms with van der Waals surface area (Å²) >= 11 is 0. The van der Waals surface area contributed by atoms with Crippen LogP contribution in [0.15, 0.2) is 23.5 Å². The average Bonchev–Trinajstić information content (AvgIpc) is 3.06. The van der Waals surface area contributed by atoms with E-state index in [1.54, 1.807) is 0 Å². The summed E-state index contributed by atoms with van der Waals surface area (Å²) in [4.78, 5) is 23.3. The molecule has 0 spiro atoms. The molecular formula is C16H17N3O. The number of carbonyl (C=O) groups excluding carboxylic acids is 1. The number of aliphatic imine (C=N–C) groups is 1. The van der Waals surface area contributed by atoms with Gasteiger partial charge in [-0.15, -0.1) is 0 Å². The summed E-state index contributed by atoms with van der Waals surface area (Å²) in [5.41, 5.74) is 3.72. The summed E-state index contributed by atoms with van der Waals surface area (Å²) < 4.78 is 0. The Morgan fingerprint density at radius 3 is 2.80 bits per heavy atom. The van der Waals surface area contributed by atoms with Gasteiger partial charge in [0.25, 0.3) is 0 Å². The molecule has 0 atom stereocenters. The maximum absolute atomic E-state index is 12.7. The van der Waals surface area contributed by atoms with Crippen molar-refractivity contribution in [2.75, 3.05) is 4.90 Å². The molecule has 102 valence electrons. The van der Waals surface area contributed by atoms with Crippen molar-refractivity contribution >= 4 is 23.4 Å². The van der Waals surface area contributed by atoms with Crippen molar-refractivity contribution < 1.29 is 4.79 Å². The Kier molecular flexibility index (Phi) is 2.23. The zero-order valence-electron chi connectivity index (χ0n) is 11.8. The lowest BCUT2D eigenvalue weighted by Crippen LogP contribution is -2.37. The highest BCUT2D eigenvalue weighted by molar-refractivity contribution is 6.08. The van der Waals surface area contributed by atoms with Crippen LogP contribution in [-0.2, 0) is 10.2 Å². The molecule has 1 amide bonds. The highest BCUT2D eigenvalue weighted by atomic mass is 16.2. The quantitative estimate of drug-likeness (QED) is 0.827. The Labute approximate surface area is 118 Å². The van der Waals surface area contributed by atoms with Crippen LogP contribution in [0.3, 0.4) is 0 Å². The van der Waals surface area contributed by atoms with E-state index in [-0.39, 0.29) is 5.91 Å². The molecule has 1 aromatic rings. The van der Waals surface area contributed by atoms with Crippen LogP contribution in [0.25, 0.3) is 5.57 Å². The molecule has 1 aromatic heterocycles. The van der Waals surface area contributed by atoms with Gasteiger partial charge in [0.2, 0.25) is 5.91 Å². The number of hydrogen-bond acceptors (Lipinski definition) is 3. The van der Waals surface area contributed by atoms with Crippen molar-refractivity contribution in [1.82, 2.24) is 4.98 Å². The largest absolute Gasteiger partial charge is 0.308 e. The second-order valence-corrected chi connectivity index (χ2v) is 6.31. The third-order valence-electron chi connectivity index (χ3n) is 4.46. The molecule has 3 heterocycles. The van der Waals surface area contributed by atoms with Crippen LogP contribution >= 0.6 is 0 Å². The molecular weight excluding hydrogens is 250 g/mol. The van der Waals surface area contributed by atoms with E-state index in [1.165, 1.54) is 0 Å². The topological polar surface area (TPSA) is 45.6 Å². The molecule has 1 aliphatic carbocycles. The van der Waals surface area contributed by atoms with Gasteiger partial charge in [0, 0.05) is 42.2 Å². The van der Waals surface area contributed by atoms with Crippen LogP contribution in [0.4, 0.5) is 5.69 Å². The normalized spacial score (nSPS) is 23.2. The van der Waals surface area contributed by atoms with Gasteiger partial charge in [-0.05, 0) is 32.8 Å². The zero-order chi connectivity index (χ0) is 13.9. The molecule has 3 aliphatic rings. The van der Waals surface area contributed by atoms with Gasteiger partial charge in [-0.25, -0.2) is 0 Å². The number of hydrogen-bond donors (Lipinski definition) is 0. The molecule has 1 fully saturated rings. The molecule has 0 aromatic carbocycles. The SMILES string of the molecule is CC1(C)C(=O)N(C2CC2)c2cc(C3=CN=CC3)ncc21. The molecule has 4 nitrogen and oxygen atoms in total. The monoisotopic (exact) mass is 267 g/mol. The first-order valence-corrected chi connectivity index (χ1v) is 7.14. The summed E-state index contributed by atoms with van der Waals surface area (Å²) in [5, 5.41) is 0. The number of anilines is 1. The molecule has 4 rings (SSSR count). The first-order valence-electron chi connectivity index (χ1n) is 7.14. The predicted molar refractivity (Wildman–Crippen MR) is 78.9 cm³/mol. The summed E-state index contributed by atoms with van der Waals surface area (Å²) in [7, 11) is 0. The van der Waals surface area contributed by atoms with E-state index >= 15 is 0 Å². The summed E-state index contributed by atoms with van der Waals surface area (Å²) in [5.74, 6) is 0.214. The first kappa shape index (κ1) is 11.8. The first-order chi connectivity index (χ1) is 9.59. The number of nitrogens with zero attached hydrogens (tertiary/aromatic N) is 3. The van der Waals surface area contributed by atoms with Crippen LogP contribution in [0.1, 0.15) is 44.4 Å². The molecule has 2 aliphatic heterocycles. The van der Waals surface area contributed by atoms with E-state index in [0.29, 0.717) is 6.04 Å². The Bertz CT molecular complexity index is 668. The van der Waals surface area contributed by atoms with E-state index in [2.05, 4.69) is 16.0 Å². The highest BCUT2D eigenvalue weighted by Gasteiger charge is 2.49. The van der Waals surface area contributed by atoms with Gasteiger partial charge >= 0.3 is 0 Å². The number of allylic oxidation sites excluding steroid dienone is 1. The van der Waals surface area contributed by atoms with Crippen LogP contribution < -0.4 is 4.90 Å². The van der Waals surface area contributed by atoms with E-state index in [0.717, 1.165) is 41.8 Å². The summed E-state index contributed by atoms with van der Waals surface area (Å²) in [6.07, 6.45) is 8.68. The molecule has 20 heavy (non-hydrogen) atoms. The fourth-order valence-electron chi connectivity index (χ4n) is 3.04. The van der Waals surface area contributed by atoms with Crippen LogP contribution in [0.5, 0.6) is 0 Å². The average molecular weight is 267 g/mol. The molecule has 0 N–H and O–H groups in total. The molecule has 1 saturated carbocycles. The molecule has 0 saturated heterocycles. The fourth-order valence-corrected chi connectivity index (χ4v) is 3.04. The standard InChI is InChI=1S/C16H17N3O/c1-16(2)12-9-18-13(10-5-6-17-8-10)7-14(12)19(15(16)20)11-3-4-11/h6-9,11H,3-5H2,1-2H3. The maximum Gasteiger partial charge on any atom is 0.237 e. The van der Waals surface area contributed by atoms with Crippen molar-refractivity contribution in [2.24, 2.45) is 4.99 Å². The number of amides is 1. The smallest absolute Gasteiger partial charge is 0.237 e. The van der Waals surface area contributed by atoms with Crippen LogP contribution in [0, 0.1) is 0 Å². The van der Waals surface area contributed by atoms with E-state index in [4.69, 9.17) is 0 Å². The number of aromatic nitrogens is 1. The minimum absolute atomic E-state index is 0.214. The second kappa shape index (κ2) is 3.78. The van der Waals surface area contributed by atoms with Gasteiger partial charge in [-0.2, -0.15) is 0 Å². The lowest BCUT2D eigenvalue weighted by molar-refractivity contribution is -0.122. The predicted octanol–water partition coefficient (Wildman–Crippen LogP) is 2.68. The van der Waals surface area contributed by atoms with E-state index < -0.39 is 5.41 Å². The van der Waals surface area contributed by atoms with Gasteiger partial charge in [0.15, 0.2) is 0 Å². The van der Waals surface area contributed by atoms with E-state index in [9.17, 15) is 4.79 Å². The lowest BCUT2D eigenvalue weighted by Gasteiger charge is -2.19. The number of pyridine rings is 1. The zero-order valence-corrected chi connectivity index (χ0v) is 11.8. The second-order valence-electron chi connectivity index (χ2n) is 6.31. The van der Waals surface area contributed by atoms with Crippen LogP contribution in [-0.4, -0.2) is 23.1 Å². The van der Waals surface area contributed by atoms with Gasteiger partial charge in [0.05, 0.1) is 16.8 Å². The van der Waals surface area contributed by atoms with Crippen molar-refractivity contribution in [1.29, 1.82) is 0 Å². The number of carbonyl (C=O) groups is 1. The molecule has 4 heteroatoms. The third kappa shape index (κ3) is 1.51. The van der Waals surface area contributed by atoms with Gasteiger partial charge in [-0.1, -0.05) is 0 Å². The Morgan fingerprint density at radius 2 is 2.15 bits per heavy atom. The number of fused-ring (bicyclic) bond motifs is 1. The molecule has 0 unspecified atom stereocenters. The fraction of sp³-hybridized carbons (Fsp3) is 0.438. The van der Waals surface area contributed by atoms with Gasteiger partial charge < -0.3 is 4.90 Å². The van der Waals surface area contributed by atoms with Gasteiger partial charge in [0.1, 0.15) is 0 Å². The highest BCUT2D eigenvalue weighted by Crippen LogP contribution is 2.47. The van der Waals surface area contributed by atoms with Crippen molar-refractivity contribution in [3.63, 3.8) is 0 Å². The third-order valence-corrected chi connectivity index (χ3v) is 4.46. The Balaban J connectivity index is 1.83. The Hall–Kier alpha value is -1.97. The van der Waals surface area contributed by atoms with Crippen LogP contribution in [0.2, 0.25) is 0 Å². The lowest BCUT2D eigenvalue weighted by atomic mass is 9.87. The minimum Gasteiger partial charge on any atom is -0.308 e. The van der Waals surface area contributed by atoms with E-state index in [1.807, 2.05) is 37.4 Å². The van der Waals surface area contributed by atoms with Crippen molar-refractivity contribution in [2.45, 2.75) is 44.6 Å². The molecule has 0 radical (unpaired) electrons. The summed E-state index contributed by atoms with van der Waals surface area (Å²) in [6.45, 7) is 3.99. The number of rotatable bonds is 2. The minimum atomic E-state index is -0.454. The van der Waals surface area contributed by atoms with Crippen molar-refractivity contribution in [3.05, 3.63) is 29.7 Å². The Morgan fingerprint density at radius 1 is 1.35 bits per heavy atom. The van der Waals surface area contributed by atoms with Crippen molar-refractivity contribution in [3.8, 4) is 0 Å². The molecule has 0 bridgehead atoms. The van der Waals surface area contributed by atoms with Gasteiger partial charge in [-0.3, -0.25) is 14.8 Å². The maximum atomic E-state index is 12.7. The summed E-state index contributed by atoms with van der Waals surface area (Å²) in [6, 6.07) is 2.47.